The van der Waals surface area contributed by atoms with E-state index in [1.54, 1.807) is 30.3 Å². The van der Waals surface area contributed by atoms with Gasteiger partial charge in [0.25, 0.3) is 0 Å². The Kier molecular flexibility index (Phi) is 6.07. The number of rotatable bonds is 7. The first kappa shape index (κ1) is 18.3. The van der Waals surface area contributed by atoms with E-state index < -0.39 is 0 Å². The highest BCUT2D eigenvalue weighted by atomic mass is 35.5. The molecule has 0 aliphatic heterocycles. The number of halogens is 2. The van der Waals surface area contributed by atoms with Crippen molar-refractivity contribution in [3.8, 4) is 0 Å². The molecule has 0 unspecified atom stereocenters. The first-order valence-corrected chi connectivity index (χ1v) is 10.1. The first-order valence-electron chi connectivity index (χ1n) is 7.63. The molecule has 3 aromatic rings. The Morgan fingerprint density at radius 2 is 1.44 bits per heavy atom. The molecule has 0 N–H and O–H groups in total. The zero-order valence-electron chi connectivity index (χ0n) is 13.1. The van der Waals surface area contributed by atoms with Gasteiger partial charge in [-0.05, 0) is 46.5 Å². The molecule has 3 rings (SSSR count). The van der Waals surface area contributed by atoms with Crippen LogP contribution >= 0.6 is 45.9 Å². The maximum atomic E-state index is 12.6. The minimum absolute atomic E-state index is 0.0185. The van der Waals surface area contributed by atoms with E-state index in [0.717, 1.165) is 5.56 Å². The summed E-state index contributed by atoms with van der Waals surface area (Å²) in [4.78, 5) is 26.5. The third-order valence-electron chi connectivity index (χ3n) is 3.86. The number of ketones is 2. The Bertz CT molecular complexity index is 823. The Hall–Kier alpha value is -1.46. The lowest BCUT2D eigenvalue weighted by molar-refractivity contribution is 0.0949. The van der Waals surface area contributed by atoms with Gasteiger partial charge in [0.2, 0.25) is 0 Å². The molecule has 0 fully saturated rings. The smallest absolute Gasteiger partial charge is 0.173 e. The number of hydrogen-bond acceptors (Lipinski definition) is 4. The van der Waals surface area contributed by atoms with Gasteiger partial charge in [0, 0.05) is 22.9 Å². The number of thiophene rings is 2. The van der Waals surface area contributed by atoms with Gasteiger partial charge in [-0.25, -0.2) is 0 Å². The number of hydrogen-bond donors (Lipinski definition) is 0. The molecular formula is C19H14Cl2O2S2. The third-order valence-corrected chi connectivity index (χ3v) is 6.24. The topological polar surface area (TPSA) is 34.1 Å². The molecule has 2 heterocycles. The van der Waals surface area contributed by atoms with Crippen molar-refractivity contribution in [2.75, 3.05) is 0 Å². The summed E-state index contributed by atoms with van der Waals surface area (Å²) >= 11 is 15.1. The van der Waals surface area contributed by atoms with Crippen LogP contribution in [0.1, 0.15) is 43.7 Å². The summed E-state index contributed by atoms with van der Waals surface area (Å²) in [5, 5.41) is 4.75. The molecule has 2 aromatic heterocycles. The molecule has 1 aromatic carbocycles. The van der Waals surface area contributed by atoms with E-state index in [-0.39, 0.29) is 30.3 Å². The molecule has 6 heteroatoms. The van der Waals surface area contributed by atoms with E-state index in [1.165, 1.54) is 22.7 Å². The van der Waals surface area contributed by atoms with Crippen molar-refractivity contribution >= 4 is 57.4 Å². The zero-order valence-corrected chi connectivity index (χ0v) is 16.2. The summed E-state index contributed by atoms with van der Waals surface area (Å²) < 4.78 is 0. The summed E-state index contributed by atoms with van der Waals surface area (Å²) in [5.74, 6) is -0.246. The second-order valence-corrected chi connectivity index (χ2v) is 8.31. The van der Waals surface area contributed by atoms with Crippen LogP contribution in [0.3, 0.4) is 0 Å². The predicted octanol–water partition coefficient (Wildman–Crippen LogP) is 6.75. The van der Waals surface area contributed by atoms with Gasteiger partial charge in [0.1, 0.15) is 0 Å². The summed E-state index contributed by atoms with van der Waals surface area (Å²) in [6.45, 7) is 0. The van der Waals surface area contributed by atoms with Crippen LogP contribution in [0, 0.1) is 0 Å². The minimum atomic E-state index is -0.283. The molecule has 0 aliphatic carbocycles. The van der Waals surface area contributed by atoms with Crippen LogP contribution in [0.5, 0.6) is 0 Å². The summed E-state index contributed by atoms with van der Waals surface area (Å²) in [6.07, 6.45) is 0.470. The van der Waals surface area contributed by atoms with Crippen LogP contribution in [-0.2, 0) is 0 Å². The average Bonchev–Trinajstić information content (AvgIpc) is 3.28. The Labute approximate surface area is 164 Å². The van der Waals surface area contributed by atoms with Gasteiger partial charge in [-0.1, -0.05) is 41.4 Å². The van der Waals surface area contributed by atoms with Crippen LogP contribution in [0.4, 0.5) is 0 Å². The second-order valence-electron chi connectivity index (χ2n) is 5.57. The third kappa shape index (κ3) is 4.59. The molecule has 0 radical (unpaired) electrons. The van der Waals surface area contributed by atoms with Crippen LogP contribution in [0.2, 0.25) is 10.0 Å². The largest absolute Gasteiger partial charge is 0.293 e. The van der Waals surface area contributed by atoms with Crippen molar-refractivity contribution in [3.05, 3.63) is 78.6 Å². The van der Waals surface area contributed by atoms with Crippen LogP contribution in [-0.4, -0.2) is 11.6 Å². The van der Waals surface area contributed by atoms with Gasteiger partial charge in [-0.15, -0.1) is 22.7 Å². The van der Waals surface area contributed by atoms with E-state index in [1.807, 2.05) is 22.9 Å². The minimum Gasteiger partial charge on any atom is -0.293 e. The molecule has 0 saturated heterocycles. The highest BCUT2D eigenvalue weighted by Gasteiger charge is 2.24. The molecule has 25 heavy (non-hydrogen) atoms. The fourth-order valence-electron chi connectivity index (χ4n) is 2.65. The van der Waals surface area contributed by atoms with Crippen LogP contribution < -0.4 is 0 Å². The SMILES string of the molecule is O=C(CC(CC(=O)c1cccs1)c1ccc(Cl)cc1Cl)c1cccs1. The highest BCUT2D eigenvalue weighted by molar-refractivity contribution is 7.12. The molecule has 128 valence electrons. The fourth-order valence-corrected chi connectivity index (χ4v) is 4.56. The van der Waals surface area contributed by atoms with E-state index >= 15 is 0 Å². The first-order chi connectivity index (χ1) is 12.0. The molecule has 0 spiro atoms. The van der Waals surface area contributed by atoms with E-state index in [2.05, 4.69) is 0 Å². The van der Waals surface area contributed by atoms with Crippen molar-refractivity contribution in [1.29, 1.82) is 0 Å². The molecule has 0 atom stereocenters. The van der Waals surface area contributed by atoms with Crippen molar-refractivity contribution in [2.24, 2.45) is 0 Å². The maximum Gasteiger partial charge on any atom is 0.173 e. The van der Waals surface area contributed by atoms with Gasteiger partial charge in [0.15, 0.2) is 11.6 Å². The molecule has 0 aliphatic rings. The molecule has 0 bridgehead atoms. The highest BCUT2D eigenvalue weighted by Crippen LogP contribution is 2.34. The molecule has 2 nitrogen and oxygen atoms in total. The maximum absolute atomic E-state index is 12.6. The average molecular weight is 409 g/mol. The molecule has 0 amide bonds. The normalized spacial score (nSPS) is 11.0. The number of Topliss-reactive ketones (excluding diaryl/α,β-unsaturated/α-hetero) is 2. The quantitative estimate of drug-likeness (QED) is 0.405. The predicted molar refractivity (Wildman–Crippen MR) is 106 cm³/mol. The van der Waals surface area contributed by atoms with Crippen molar-refractivity contribution in [3.63, 3.8) is 0 Å². The lowest BCUT2D eigenvalue weighted by atomic mass is 9.88. The monoisotopic (exact) mass is 408 g/mol. The van der Waals surface area contributed by atoms with Gasteiger partial charge < -0.3 is 0 Å². The van der Waals surface area contributed by atoms with Crippen LogP contribution in [0.15, 0.2) is 53.2 Å². The van der Waals surface area contributed by atoms with E-state index in [9.17, 15) is 9.59 Å². The Morgan fingerprint density at radius 1 is 0.880 bits per heavy atom. The molecule has 0 saturated carbocycles. The van der Waals surface area contributed by atoms with Crippen molar-refractivity contribution in [1.82, 2.24) is 0 Å². The summed E-state index contributed by atoms with van der Waals surface area (Å²) in [7, 11) is 0. The number of carbonyl (C=O) groups excluding carboxylic acids is 2. The van der Waals surface area contributed by atoms with Crippen LogP contribution in [0.25, 0.3) is 0 Å². The van der Waals surface area contributed by atoms with Gasteiger partial charge in [-0.2, -0.15) is 0 Å². The summed E-state index contributed by atoms with van der Waals surface area (Å²) in [5.41, 5.74) is 0.779. The van der Waals surface area contributed by atoms with Gasteiger partial charge in [0.05, 0.1) is 9.75 Å². The molecular weight excluding hydrogens is 395 g/mol. The van der Waals surface area contributed by atoms with Crippen molar-refractivity contribution < 1.29 is 9.59 Å². The lowest BCUT2D eigenvalue weighted by Gasteiger charge is -2.17. The Morgan fingerprint density at radius 3 is 1.88 bits per heavy atom. The number of benzene rings is 1. The zero-order chi connectivity index (χ0) is 17.8. The Balaban J connectivity index is 1.87. The lowest BCUT2D eigenvalue weighted by Crippen LogP contribution is -2.12. The van der Waals surface area contributed by atoms with E-state index in [0.29, 0.717) is 19.8 Å². The van der Waals surface area contributed by atoms with Gasteiger partial charge in [-0.3, -0.25) is 9.59 Å². The van der Waals surface area contributed by atoms with Gasteiger partial charge >= 0.3 is 0 Å². The van der Waals surface area contributed by atoms with E-state index in [4.69, 9.17) is 23.2 Å². The fraction of sp³-hybridized carbons (Fsp3) is 0.158. The standard InChI is InChI=1S/C19H14Cl2O2S2/c20-13-5-6-14(15(21)11-13)12(9-16(22)18-3-1-7-24-18)10-17(23)19-4-2-8-25-19/h1-8,11-12H,9-10H2. The second kappa shape index (κ2) is 8.28. The summed E-state index contributed by atoms with van der Waals surface area (Å²) in [6, 6.07) is 12.5. The van der Waals surface area contributed by atoms with Crippen molar-refractivity contribution in [2.45, 2.75) is 18.8 Å². The number of carbonyl (C=O) groups is 2.